The van der Waals surface area contributed by atoms with Gasteiger partial charge in [0.2, 0.25) is 5.82 Å². The summed E-state index contributed by atoms with van der Waals surface area (Å²) in [6, 6.07) is 6.18. The van der Waals surface area contributed by atoms with Crippen LogP contribution in [-0.2, 0) is 18.6 Å². The van der Waals surface area contributed by atoms with E-state index in [-0.39, 0.29) is 12.2 Å². The van der Waals surface area contributed by atoms with Gasteiger partial charge in [-0.3, -0.25) is 23.7 Å². The third kappa shape index (κ3) is 5.93. The minimum Gasteiger partial charge on any atom is -0.480 e. The Bertz CT molecular complexity index is 1240. The van der Waals surface area contributed by atoms with Gasteiger partial charge in [0.1, 0.15) is 24.1 Å². The highest BCUT2D eigenvalue weighted by Crippen LogP contribution is 2.56. The van der Waals surface area contributed by atoms with Crippen molar-refractivity contribution in [2.45, 2.75) is 70.7 Å². The van der Waals surface area contributed by atoms with E-state index in [2.05, 4.69) is 0 Å². The molecule has 14 heteroatoms. The Morgan fingerprint density at radius 1 is 1.25 bits per heavy atom. The molecule has 0 amide bonds. The number of nitrogens with one attached hydrogen (secondary N) is 1. The molecule has 1 aliphatic heterocycles. The lowest BCUT2D eigenvalue weighted by atomic mass is 10.1. The third-order valence-corrected chi connectivity index (χ3v) is 8.08. The minimum atomic E-state index is -4.38. The van der Waals surface area contributed by atoms with Gasteiger partial charge in [0.15, 0.2) is 0 Å². The van der Waals surface area contributed by atoms with Crippen molar-refractivity contribution >= 4 is 13.7 Å². The number of nitrogens with zero attached hydrogens (tertiary/aromatic N) is 2. The zero-order valence-electron chi connectivity index (χ0n) is 20.1. The number of aliphatic hydroxyl groups is 1. The van der Waals surface area contributed by atoms with Gasteiger partial charge in [0.05, 0.1) is 18.4 Å². The summed E-state index contributed by atoms with van der Waals surface area (Å²) in [4.78, 5) is 37.1. The number of aliphatic hydroxyl groups excluding tert-OH is 1. The normalized spacial score (nSPS) is 23.4. The van der Waals surface area contributed by atoms with Crippen LogP contribution >= 0.6 is 7.75 Å². The Balaban J connectivity index is 1.91. The van der Waals surface area contributed by atoms with Crippen LogP contribution in [0.5, 0.6) is 5.75 Å². The van der Waals surface area contributed by atoms with Gasteiger partial charge in [0, 0.05) is 12.5 Å². The molecule has 0 unspecified atom stereocenters. The number of para-hydroxylation sites is 1. The maximum absolute atomic E-state index is 14.2. The molecule has 36 heavy (non-hydrogen) atoms. The van der Waals surface area contributed by atoms with E-state index in [0.717, 1.165) is 9.24 Å². The van der Waals surface area contributed by atoms with Gasteiger partial charge in [-0.1, -0.05) is 18.2 Å². The molecule has 2 aromatic rings. The first-order valence-electron chi connectivity index (χ1n) is 11.2. The number of aliphatic carboxylic acids is 1. The second-order valence-corrected chi connectivity index (χ2v) is 10.5. The fraction of sp³-hybridized carbons (Fsp3) is 0.500. The van der Waals surface area contributed by atoms with Crippen molar-refractivity contribution in [2.24, 2.45) is 0 Å². The molecule has 0 radical (unpaired) electrons. The molecule has 0 aliphatic carbocycles. The first-order chi connectivity index (χ1) is 16.8. The molecule has 3 rings (SSSR count). The van der Waals surface area contributed by atoms with Crippen molar-refractivity contribution < 1.29 is 37.7 Å². The number of hydrogen-bond donors (Lipinski definition) is 3. The highest BCUT2D eigenvalue weighted by Gasteiger charge is 2.48. The number of carboxylic acids is 1. The molecule has 1 aromatic carbocycles. The van der Waals surface area contributed by atoms with Gasteiger partial charge >= 0.3 is 19.4 Å². The number of rotatable bonds is 10. The fourth-order valence-electron chi connectivity index (χ4n) is 4.01. The summed E-state index contributed by atoms with van der Waals surface area (Å²) in [5.41, 5.74) is -2.13. The van der Waals surface area contributed by atoms with Crippen LogP contribution in [-0.4, -0.2) is 60.8 Å². The number of hydrogen-bond acceptors (Lipinski definition) is 8. The summed E-state index contributed by atoms with van der Waals surface area (Å²) in [7, 11) is -4.38. The molecular weight excluding hydrogens is 500 g/mol. The third-order valence-electron chi connectivity index (χ3n) is 5.66. The van der Waals surface area contributed by atoms with Gasteiger partial charge in [-0.15, -0.1) is 0 Å². The quantitative estimate of drug-likeness (QED) is 0.389. The Labute approximate surface area is 205 Å². The molecule has 0 bridgehead atoms. The van der Waals surface area contributed by atoms with Crippen LogP contribution in [0.15, 0.2) is 46.1 Å². The van der Waals surface area contributed by atoms with Crippen LogP contribution in [0, 0.1) is 5.82 Å². The summed E-state index contributed by atoms with van der Waals surface area (Å²) in [5.74, 6) is -2.30. The van der Waals surface area contributed by atoms with Crippen LogP contribution in [0.2, 0.25) is 0 Å². The van der Waals surface area contributed by atoms with E-state index in [4.69, 9.17) is 13.8 Å². The molecule has 12 nitrogen and oxygen atoms in total. The number of carboxylic acid groups (broad SMARTS) is 1. The fourth-order valence-corrected chi connectivity index (χ4v) is 6.27. The van der Waals surface area contributed by atoms with Crippen LogP contribution in [0.1, 0.15) is 40.3 Å². The van der Waals surface area contributed by atoms with E-state index < -0.39 is 67.4 Å². The van der Waals surface area contributed by atoms with Crippen LogP contribution < -0.4 is 15.8 Å². The Morgan fingerprint density at radius 3 is 2.47 bits per heavy atom. The topological polar surface area (TPSA) is 160 Å². The zero-order chi connectivity index (χ0) is 26.8. The van der Waals surface area contributed by atoms with Gasteiger partial charge < -0.3 is 19.5 Å². The molecule has 0 spiro atoms. The first kappa shape index (κ1) is 27.8. The molecule has 1 saturated heterocycles. The molecule has 2 heterocycles. The van der Waals surface area contributed by atoms with Gasteiger partial charge in [0.25, 0.3) is 5.56 Å². The van der Waals surface area contributed by atoms with Gasteiger partial charge in [-0.25, -0.2) is 9.36 Å². The summed E-state index contributed by atoms with van der Waals surface area (Å²) in [6.07, 6.45) is -4.16. The number of carbonyl (C=O) groups is 1. The zero-order valence-corrected chi connectivity index (χ0v) is 21.0. The molecule has 1 aliphatic rings. The largest absolute Gasteiger partial charge is 0.480 e. The van der Waals surface area contributed by atoms with Crippen LogP contribution in [0.25, 0.3) is 0 Å². The average molecular weight is 529 g/mol. The lowest BCUT2D eigenvalue weighted by molar-refractivity contribution is -0.142. The van der Waals surface area contributed by atoms with Crippen molar-refractivity contribution in [3.63, 3.8) is 0 Å². The van der Waals surface area contributed by atoms with Gasteiger partial charge in [-0.05, 0) is 39.8 Å². The number of ether oxygens (including phenoxy) is 1. The monoisotopic (exact) mass is 529 g/mol. The van der Waals surface area contributed by atoms with Crippen LogP contribution in [0.3, 0.4) is 0 Å². The molecule has 198 valence electrons. The summed E-state index contributed by atoms with van der Waals surface area (Å²) >= 11 is 0. The van der Waals surface area contributed by atoms with E-state index in [1.54, 1.807) is 32.0 Å². The standard InChI is InChI=1S/C22H29FN3O9P/c1-12(2)26(13(3)21(29)30)36(32,35-15-8-6-5-7-9-15)34-14(4)19-17(27)10-18(33-19)25-11-16(23)20(28)24-22(25)31/h5-9,11-14,17-19,27H,10H2,1-4H3,(H,29,30)(H,24,28,31)/t13-,14-,17-,18+,19+,36-/m0/s1. The number of aromatic nitrogens is 2. The highest BCUT2D eigenvalue weighted by atomic mass is 31.2. The maximum Gasteiger partial charge on any atom is 0.462 e. The minimum absolute atomic E-state index is 0.160. The number of halogens is 1. The Morgan fingerprint density at radius 2 is 1.89 bits per heavy atom. The molecular formula is C22H29FN3O9P. The molecule has 1 aromatic heterocycles. The van der Waals surface area contributed by atoms with Gasteiger partial charge in [-0.2, -0.15) is 9.06 Å². The summed E-state index contributed by atoms with van der Waals surface area (Å²) < 4.78 is 47.1. The van der Waals surface area contributed by atoms with Crippen molar-refractivity contribution in [3.05, 3.63) is 63.2 Å². The second-order valence-electron chi connectivity index (χ2n) is 8.67. The van der Waals surface area contributed by atoms with Crippen molar-refractivity contribution in [3.8, 4) is 5.75 Å². The van der Waals surface area contributed by atoms with E-state index in [1.165, 1.54) is 26.0 Å². The molecule has 3 N–H and O–H groups in total. The summed E-state index contributed by atoms with van der Waals surface area (Å²) in [5, 5.41) is 20.2. The van der Waals surface area contributed by atoms with E-state index >= 15 is 0 Å². The van der Waals surface area contributed by atoms with Crippen molar-refractivity contribution in [2.75, 3.05) is 0 Å². The SMILES string of the molecule is CC(C)N([C@@H](C)C(=O)O)[P@@](=O)(Oc1ccccc1)O[C@@H](C)[C@H]1O[C@@H](n2cc(F)c(=O)[nH]c2=O)C[C@@H]1O. The lowest BCUT2D eigenvalue weighted by Crippen LogP contribution is -2.44. The second kappa shape index (κ2) is 11.1. The molecule has 0 saturated carbocycles. The smallest absolute Gasteiger partial charge is 0.462 e. The maximum atomic E-state index is 14.2. The number of benzene rings is 1. The van der Waals surface area contributed by atoms with E-state index in [9.17, 15) is 33.6 Å². The number of H-pyrrole nitrogens is 1. The van der Waals surface area contributed by atoms with Crippen molar-refractivity contribution in [1.29, 1.82) is 0 Å². The highest BCUT2D eigenvalue weighted by molar-refractivity contribution is 7.51. The molecule has 1 fully saturated rings. The Kier molecular flexibility index (Phi) is 8.52. The molecule has 6 atom stereocenters. The number of aromatic amines is 1. The van der Waals surface area contributed by atoms with Crippen LogP contribution in [0.4, 0.5) is 4.39 Å². The summed E-state index contributed by atoms with van der Waals surface area (Å²) in [6.45, 7) is 6.04. The average Bonchev–Trinajstić information content (AvgIpc) is 3.17. The lowest BCUT2D eigenvalue weighted by Gasteiger charge is -2.37. The van der Waals surface area contributed by atoms with E-state index in [1.807, 2.05) is 4.98 Å². The predicted molar refractivity (Wildman–Crippen MR) is 125 cm³/mol. The van der Waals surface area contributed by atoms with Crippen molar-refractivity contribution in [1.82, 2.24) is 14.2 Å². The first-order valence-corrected chi connectivity index (χ1v) is 12.7. The van der Waals surface area contributed by atoms with E-state index in [0.29, 0.717) is 6.20 Å². The predicted octanol–water partition coefficient (Wildman–Crippen LogP) is 2.10. The Hall–Kier alpha value is -2.83.